The molecular weight excluding hydrogens is 433 g/mol. The average molecular weight is 455 g/mol. The van der Waals surface area contributed by atoms with Gasteiger partial charge in [0.1, 0.15) is 23.9 Å². The molecule has 0 aliphatic rings. The van der Waals surface area contributed by atoms with Crippen molar-refractivity contribution in [1.29, 1.82) is 0 Å². The molecule has 1 heterocycles. The Morgan fingerprint density at radius 1 is 0.971 bits per heavy atom. The van der Waals surface area contributed by atoms with E-state index in [4.69, 9.17) is 9.47 Å². The number of rotatable bonds is 7. The van der Waals surface area contributed by atoms with Crippen LogP contribution in [0.1, 0.15) is 22.8 Å². The van der Waals surface area contributed by atoms with Crippen molar-refractivity contribution in [2.45, 2.75) is 13.5 Å². The third-order valence-corrected chi connectivity index (χ3v) is 5.54. The second-order valence-electron chi connectivity index (χ2n) is 7.71. The number of amides is 1. The van der Waals surface area contributed by atoms with E-state index in [0.29, 0.717) is 40.4 Å². The van der Waals surface area contributed by atoms with Crippen LogP contribution in [0, 0.1) is 5.82 Å². The second kappa shape index (κ2) is 9.23. The van der Waals surface area contributed by atoms with Gasteiger partial charge in [-0.3, -0.25) is 9.89 Å². The largest absolute Gasteiger partial charge is 0.493 e. The number of benzene rings is 4. The summed E-state index contributed by atoms with van der Waals surface area (Å²) in [4.78, 5) is 13.4. The van der Waals surface area contributed by atoms with Gasteiger partial charge in [-0.25, -0.2) is 4.39 Å². The van der Waals surface area contributed by atoms with Crippen LogP contribution in [0.2, 0.25) is 0 Å². The Morgan fingerprint density at radius 3 is 2.65 bits per heavy atom. The van der Waals surface area contributed by atoms with Gasteiger partial charge < -0.3 is 14.8 Å². The summed E-state index contributed by atoms with van der Waals surface area (Å²) in [6.07, 6.45) is 0. The lowest BCUT2D eigenvalue weighted by atomic mass is 10.0. The van der Waals surface area contributed by atoms with Gasteiger partial charge in [0, 0.05) is 10.9 Å². The first kappa shape index (κ1) is 21.5. The summed E-state index contributed by atoms with van der Waals surface area (Å²) in [5.41, 5.74) is 1.64. The molecule has 0 saturated carbocycles. The third kappa shape index (κ3) is 4.15. The number of aromatic nitrogens is 2. The molecule has 5 rings (SSSR count). The molecule has 0 unspecified atom stereocenters. The first-order valence-electron chi connectivity index (χ1n) is 10.9. The third-order valence-electron chi connectivity index (χ3n) is 5.54. The predicted molar refractivity (Wildman–Crippen MR) is 130 cm³/mol. The quantitative estimate of drug-likeness (QED) is 0.312. The molecule has 0 fully saturated rings. The molecule has 170 valence electrons. The highest BCUT2D eigenvalue weighted by Gasteiger charge is 2.19. The number of anilines is 1. The van der Waals surface area contributed by atoms with Crippen LogP contribution < -0.4 is 14.8 Å². The van der Waals surface area contributed by atoms with E-state index in [-0.39, 0.29) is 18.3 Å². The molecule has 0 radical (unpaired) electrons. The van der Waals surface area contributed by atoms with Gasteiger partial charge >= 0.3 is 0 Å². The number of aromatic amines is 1. The Hall–Kier alpha value is -4.39. The highest BCUT2D eigenvalue weighted by Crippen LogP contribution is 2.31. The minimum absolute atomic E-state index is 0.0887. The predicted octanol–water partition coefficient (Wildman–Crippen LogP) is 6.09. The van der Waals surface area contributed by atoms with Crippen LogP contribution >= 0.6 is 0 Å². The molecule has 1 aromatic heterocycles. The monoisotopic (exact) mass is 455 g/mol. The van der Waals surface area contributed by atoms with Crippen molar-refractivity contribution in [3.05, 3.63) is 95.8 Å². The maximum absolute atomic E-state index is 13.9. The minimum atomic E-state index is -0.327. The Morgan fingerprint density at radius 2 is 1.79 bits per heavy atom. The summed E-state index contributed by atoms with van der Waals surface area (Å²) in [7, 11) is 0. The number of carbonyl (C=O) groups is 1. The van der Waals surface area contributed by atoms with E-state index >= 15 is 0 Å². The van der Waals surface area contributed by atoms with Crippen LogP contribution in [0.4, 0.5) is 10.2 Å². The van der Waals surface area contributed by atoms with Gasteiger partial charge in [-0.05, 0) is 48.0 Å². The van der Waals surface area contributed by atoms with Crippen LogP contribution in [0.5, 0.6) is 11.5 Å². The Labute approximate surface area is 195 Å². The Kier molecular flexibility index (Phi) is 5.82. The number of carbonyl (C=O) groups excluding carboxylic acids is 1. The number of halogens is 1. The van der Waals surface area contributed by atoms with Crippen molar-refractivity contribution in [3.63, 3.8) is 0 Å². The normalized spacial score (nSPS) is 11.0. The first-order valence-corrected chi connectivity index (χ1v) is 10.9. The molecule has 34 heavy (non-hydrogen) atoms. The zero-order chi connectivity index (χ0) is 23.5. The summed E-state index contributed by atoms with van der Waals surface area (Å²) in [5.74, 6) is 0.762. The maximum Gasteiger partial charge on any atom is 0.261 e. The number of fused-ring (bicyclic) bond motifs is 2. The zero-order valence-electron chi connectivity index (χ0n) is 18.5. The number of hydrogen-bond acceptors (Lipinski definition) is 4. The van der Waals surface area contributed by atoms with Crippen molar-refractivity contribution >= 4 is 33.4 Å². The number of nitrogens with zero attached hydrogens (tertiary/aromatic N) is 1. The van der Waals surface area contributed by atoms with Crippen molar-refractivity contribution in [3.8, 4) is 11.5 Å². The van der Waals surface area contributed by atoms with E-state index in [1.54, 1.807) is 42.5 Å². The van der Waals surface area contributed by atoms with Crippen LogP contribution in [0.3, 0.4) is 0 Å². The fourth-order valence-electron chi connectivity index (χ4n) is 3.89. The first-order chi connectivity index (χ1) is 16.6. The summed E-state index contributed by atoms with van der Waals surface area (Å²) in [6.45, 7) is 2.40. The second-order valence-corrected chi connectivity index (χ2v) is 7.71. The zero-order valence-corrected chi connectivity index (χ0v) is 18.5. The summed E-state index contributed by atoms with van der Waals surface area (Å²) < 4.78 is 25.4. The number of hydrogen-bond donors (Lipinski definition) is 2. The molecular formula is C27H22FN3O3. The molecule has 0 bridgehead atoms. The van der Waals surface area contributed by atoms with E-state index < -0.39 is 0 Å². The molecule has 4 aromatic carbocycles. The maximum atomic E-state index is 13.9. The molecule has 0 aliphatic heterocycles. The Balaban J connectivity index is 1.44. The SMILES string of the molecule is CCOc1ccc2ccccc2c1C(=O)Nc1n[nH]c2ccc(OCc3ccccc3F)cc12. The lowest BCUT2D eigenvalue weighted by Crippen LogP contribution is -2.15. The average Bonchev–Trinajstić information content (AvgIpc) is 3.25. The standard InChI is InChI=1S/C27H22FN3O3/c1-2-33-24-14-11-17-7-3-5-9-20(17)25(24)27(32)29-26-21-15-19(12-13-23(21)30-31-26)34-16-18-8-4-6-10-22(18)28/h3-15H,2,16H2,1H3,(H2,29,30,31,32). The van der Waals surface area contributed by atoms with Crippen molar-refractivity contribution in [2.75, 3.05) is 11.9 Å². The molecule has 2 N–H and O–H groups in total. The number of H-pyrrole nitrogens is 1. The molecule has 7 heteroatoms. The van der Waals surface area contributed by atoms with Crippen molar-refractivity contribution in [2.24, 2.45) is 0 Å². The summed E-state index contributed by atoms with van der Waals surface area (Å²) in [6, 6.07) is 23.2. The minimum Gasteiger partial charge on any atom is -0.493 e. The molecule has 1 amide bonds. The van der Waals surface area contributed by atoms with Gasteiger partial charge in [-0.2, -0.15) is 5.10 Å². The van der Waals surface area contributed by atoms with Crippen LogP contribution in [0.15, 0.2) is 78.9 Å². The Bertz CT molecular complexity index is 1500. The smallest absolute Gasteiger partial charge is 0.261 e. The lowest BCUT2D eigenvalue weighted by molar-refractivity contribution is 0.102. The highest BCUT2D eigenvalue weighted by molar-refractivity contribution is 6.16. The van der Waals surface area contributed by atoms with Crippen LogP contribution in [-0.2, 0) is 6.61 Å². The molecule has 0 atom stereocenters. The molecule has 0 aliphatic carbocycles. The van der Waals surface area contributed by atoms with Gasteiger partial charge in [-0.15, -0.1) is 0 Å². The number of ether oxygens (including phenoxy) is 2. The van der Waals surface area contributed by atoms with E-state index in [1.165, 1.54) is 6.07 Å². The topological polar surface area (TPSA) is 76.2 Å². The van der Waals surface area contributed by atoms with Gasteiger partial charge in [0.2, 0.25) is 0 Å². The van der Waals surface area contributed by atoms with E-state index in [9.17, 15) is 9.18 Å². The lowest BCUT2D eigenvalue weighted by Gasteiger charge is -2.13. The van der Waals surface area contributed by atoms with Gasteiger partial charge in [-0.1, -0.05) is 48.5 Å². The van der Waals surface area contributed by atoms with Gasteiger partial charge in [0.15, 0.2) is 5.82 Å². The summed E-state index contributed by atoms with van der Waals surface area (Å²) in [5, 5.41) is 12.5. The molecule has 5 aromatic rings. The fraction of sp³-hybridized carbons (Fsp3) is 0.111. The highest BCUT2D eigenvalue weighted by atomic mass is 19.1. The van der Waals surface area contributed by atoms with Crippen LogP contribution in [0.25, 0.3) is 21.7 Å². The van der Waals surface area contributed by atoms with Crippen molar-refractivity contribution in [1.82, 2.24) is 10.2 Å². The van der Waals surface area contributed by atoms with Gasteiger partial charge in [0.05, 0.1) is 17.7 Å². The fourth-order valence-corrected chi connectivity index (χ4v) is 3.89. The van der Waals surface area contributed by atoms with E-state index in [1.807, 2.05) is 37.3 Å². The number of nitrogens with one attached hydrogen (secondary N) is 2. The van der Waals surface area contributed by atoms with Crippen molar-refractivity contribution < 1.29 is 18.7 Å². The van der Waals surface area contributed by atoms with Gasteiger partial charge in [0.25, 0.3) is 5.91 Å². The molecule has 6 nitrogen and oxygen atoms in total. The molecule has 0 spiro atoms. The van der Waals surface area contributed by atoms with Crippen LogP contribution in [-0.4, -0.2) is 22.7 Å². The summed E-state index contributed by atoms with van der Waals surface area (Å²) >= 11 is 0. The van der Waals surface area contributed by atoms with E-state index in [2.05, 4.69) is 15.5 Å². The molecule has 0 saturated heterocycles. The van der Waals surface area contributed by atoms with E-state index in [0.717, 1.165) is 16.3 Å².